The second kappa shape index (κ2) is 5.36. The molecule has 0 aliphatic carbocycles. The second-order valence-electron chi connectivity index (χ2n) is 5.48. The van der Waals surface area contributed by atoms with Crippen LogP contribution in [0.25, 0.3) is 0 Å². The monoisotopic (exact) mass is 240 g/mol. The van der Waals surface area contributed by atoms with Crippen molar-refractivity contribution in [2.45, 2.75) is 63.6 Å². The van der Waals surface area contributed by atoms with E-state index in [1.807, 2.05) is 4.90 Å². The number of carbonyl (C=O) groups excluding carboxylic acids is 1. The molecule has 0 aromatic rings. The average Bonchev–Trinajstić information content (AvgIpc) is 2.58. The van der Waals surface area contributed by atoms with Crippen molar-refractivity contribution in [1.29, 1.82) is 0 Å². The fourth-order valence-corrected chi connectivity index (χ4v) is 3.41. The summed E-state index contributed by atoms with van der Waals surface area (Å²) < 4.78 is 0. The zero-order valence-corrected chi connectivity index (χ0v) is 10.6. The van der Waals surface area contributed by atoms with E-state index in [0.29, 0.717) is 6.54 Å². The van der Waals surface area contributed by atoms with E-state index >= 15 is 0 Å². The molecule has 3 unspecified atom stereocenters. The molecule has 1 amide bonds. The number of nitrogens with two attached hydrogens (primary N) is 1. The van der Waals surface area contributed by atoms with Gasteiger partial charge in [-0.2, -0.15) is 0 Å². The highest BCUT2D eigenvalue weighted by molar-refractivity contribution is 5.80. The molecule has 98 valence electrons. The molecule has 2 aliphatic heterocycles. The first-order valence-electron chi connectivity index (χ1n) is 6.87. The van der Waals surface area contributed by atoms with Gasteiger partial charge < -0.3 is 15.7 Å². The van der Waals surface area contributed by atoms with Crippen molar-refractivity contribution in [3.63, 3.8) is 0 Å². The van der Waals surface area contributed by atoms with Gasteiger partial charge in [-0.1, -0.05) is 13.3 Å². The first kappa shape index (κ1) is 12.8. The largest absolute Gasteiger partial charge is 0.393 e. The number of fused-ring (bicyclic) bond motifs is 2. The maximum atomic E-state index is 12.5. The summed E-state index contributed by atoms with van der Waals surface area (Å²) in [5.41, 5.74) is 5.71. The van der Waals surface area contributed by atoms with E-state index in [9.17, 15) is 9.90 Å². The van der Waals surface area contributed by atoms with Gasteiger partial charge >= 0.3 is 0 Å². The Labute approximate surface area is 103 Å². The lowest BCUT2D eigenvalue weighted by Crippen LogP contribution is -2.51. The molecule has 17 heavy (non-hydrogen) atoms. The van der Waals surface area contributed by atoms with Crippen molar-refractivity contribution in [1.82, 2.24) is 4.90 Å². The smallest absolute Gasteiger partial charge is 0.227 e. The number of piperidine rings is 1. The Kier molecular flexibility index (Phi) is 4.05. The fourth-order valence-electron chi connectivity index (χ4n) is 3.41. The Balaban J connectivity index is 2.04. The van der Waals surface area contributed by atoms with Gasteiger partial charge in [-0.25, -0.2) is 0 Å². The van der Waals surface area contributed by atoms with Crippen LogP contribution in [0, 0.1) is 5.92 Å². The molecule has 0 aromatic heterocycles. The second-order valence-corrected chi connectivity index (χ2v) is 5.48. The Morgan fingerprint density at radius 2 is 2.00 bits per heavy atom. The zero-order chi connectivity index (χ0) is 12.4. The van der Waals surface area contributed by atoms with Crippen LogP contribution in [0.1, 0.15) is 45.4 Å². The van der Waals surface area contributed by atoms with E-state index in [2.05, 4.69) is 6.92 Å². The van der Waals surface area contributed by atoms with Crippen LogP contribution in [0.3, 0.4) is 0 Å². The summed E-state index contributed by atoms with van der Waals surface area (Å²) in [6, 6.07) is 0.532. The number of nitrogens with zero attached hydrogens (tertiary/aromatic N) is 1. The number of rotatable bonds is 4. The van der Waals surface area contributed by atoms with Crippen molar-refractivity contribution in [2.75, 3.05) is 6.54 Å². The summed E-state index contributed by atoms with van der Waals surface area (Å²) in [6.07, 6.45) is 5.29. The predicted octanol–water partition coefficient (Wildman–Crippen LogP) is 0.876. The molecular formula is C13H24N2O2. The molecule has 3 N–H and O–H groups in total. The summed E-state index contributed by atoms with van der Waals surface area (Å²) in [4.78, 5) is 14.5. The summed E-state index contributed by atoms with van der Waals surface area (Å²) in [5, 5.41) is 9.73. The maximum Gasteiger partial charge on any atom is 0.227 e. The number of carbonyl (C=O) groups is 1. The van der Waals surface area contributed by atoms with Crippen LogP contribution in [0.4, 0.5) is 0 Å². The number of aliphatic hydroxyl groups is 1. The molecule has 2 aliphatic rings. The van der Waals surface area contributed by atoms with Crippen LogP contribution in [-0.4, -0.2) is 40.6 Å². The van der Waals surface area contributed by atoms with Gasteiger partial charge in [-0.15, -0.1) is 0 Å². The van der Waals surface area contributed by atoms with Crippen LogP contribution in [0.15, 0.2) is 0 Å². The molecule has 4 nitrogen and oxygen atoms in total. The van der Waals surface area contributed by atoms with Crippen LogP contribution >= 0.6 is 0 Å². The minimum absolute atomic E-state index is 0.0154. The highest BCUT2D eigenvalue weighted by Crippen LogP contribution is 2.36. The van der Waals surface area contributed by atoms with E-state index in [1.54, 1.807) is 0 Å². The van der Waals surface area contributed by atoms with Gasteiger partial charge in [0.25, 0.3) is 0 Å². The van der Waals surface area contributed by atoms with Gasteiger partial charge in [0.1, 0.15) is 0 Å². The van der Waals surface area contributed by atoms with Crippen LogP contribution < -0.4 is 5.73 Å². The SMILES string of the molecule is CCCC(CN)C(=O)N1C2CCC1CC(O)C2. The van der Waals surface area contributed by atoms with Crippen LogP contribution in [0.5, 0.6) is 0 Å². The first-order valence-corrected chi connectivity index (χ1v) is 6.87. The average molecular weight is 240 g/mol. The number of amides is 1. The van der Waals surface area contributed by atoms with Crippen molar-refractivity contribution in [3.8, 4) is 0 Å². The van der Waals surface area contributed by atoms with Gasteiger partial charge in [0.2, 0.25) is 5.91 Å². The lowest BCUT2D eigenvalue weighted by Gasteiger charge is -2.39. The molecule has 4 heteroatoms. The van der Waals surface area contributed by atoms with Gasteiger partial charge in [0, 0.05) is 18.6 Å². The molecular weight excluding hydrogens is 216 g/mol. The van der Waals surface area contributed by atoms with Crippen LogP contribution in [-0.2, 0) is 4.79 Å². The minimum atomic E-state index is -0.209. The predicted molar refractivity (Wildman–Crippen MR) is 66.3 cm³/mol. The molecule has 2 heterocycles. The molecule has 3 atom stereocenters. The zero-order valence-electron chi connectivity index (χ0n) is 10.6. The van der Waals surface area contributed by atoms with Crippen molar-refractivity contribution >= 4 is 5.91 Å². The van der Waals surface area contributed by atoms with Crippen molar-refractivity contribution in [3.05, 3.63) is 0 Å². The topological polar surface area (TPSA) is 66.6 Å². The van der Waals surface area contributed by atoms with E-state index in [-0.39, 0.29) is 30.0 Å². The van der Waals surface area contributed by atoms with Gasteiger partial charge in [0.05, 0.1) is 12.0 Å². The standard InChI is InChI=1S/C13H24N2O2/c1-2-3-9(8-14)13(17)15-10-4-5-11(15)7-12(16)6-10/h9-12,16H,2-8,14H2,1H3. The molecule has 2 saturated heterocycles. The summed E-state index contributed by atoms with van der Waals surface area (Å²) in [5.74, 6) is 0.215. The third-order valence-corrected chi connectivity index (χ3v) is 4.23. The van der Waals surface area contributed by atoms with Crippen LogP contribution in [0.2, 0.25) is 0 Å². The molecule has 0 spiro atoms. The van der Waals surface area contributed by atoms with E-state index in [4.69, 9.17) is 5.73 Å². The number of hydrogen-bond donors (Lipinski definition) is 2. The van der Waals surface area contributed by atoms with Gasteiger partial charge in [0.15, 0.2) is 0 Å². The molecule has 2 rings (SSSR count). The molecule has 0 aromatic carbocycles. The van der Waals surface area contributed by atoms with Crippen molar-refractivity contribution in [2.24, 2.45) is 11.7 Å². The van der Waals surface area contributed by atoms with Crippen molar-refractivity contribution < 1.29 is 9.90 Å². The Bertz CT molecular complexity index is 269. The molecule has 0 saturated carbocycles. The van der Waals surface area contributed by atoms with E-state index < -0.39 is 0 Å². The summed E-state index contributed by atoms with van der Waals surface area (Å²) >= 11 is 0. The Morgan fingerprint density at radius 3 is 2.47 bits per heavy atom. The highest BCUT2D eigenvalue weighted by atomic mass is 16.3. The Hall–Kier alpha value is -0.610. The lowest BCUT2D eigenvalue weighted by molar-refractivity contribution is -0.141. The third-order valence-electron chi connectivity index (χ3n) is 4.23. The third kappa shape index (κ3) is 2.47. The number of aliphatic hydroxyl groups excluding tert-OH is 1. The lowest BCUT2D eigenvalue weighted by atomic mass is 9.95. The quantitative estimate of drug-likeness (QED) is 0.766. The normalized spacial score (nSPS) is 33.8. The highest BCUT2D eigenvalue weighted by Gasteiger charge is 2.43. The summed E-state index contributed by atoms with van der Waals surface area (Å²) in [7, 11) is 0. The van der Waals surface area contributed by atoms with E-state index in [1.165, 1.54) is 0 Å². The number of hydrogen-bond acceptors (Lipinski definition) is 3. The fraction of sp³-hybridized carbons (Fsp3) is 0.923. The Morgan fingerprint density at radius 1 is 1.41 bits per heavy atom. The molecule has 2 bridgehead atoms. The van der Waals surface area contributed by atoms with Gasteiger partial charge in [-0.05, 0) is 32.1 Å². The van der Waals surface area contributed by atoms with E-state index in [0.717, 1.165) is 38.5 Å². The molecule has 0 radical (unpaired) electrons. The maximum absolute atomic E-state index is 12.5. The minimum Gasteiger partial charge on any atom is -0.393 e. The summed E-state index contributed by atoms with van der Waals surface area (Å²) in [6.45, 7) is 2.54. The first-order chi connectivity index (χ1) is 8.17. The molecule has 2 fully saturated rings. The van der Waals surface area contributed by atoms with Gasteiger partial charge in [-0.3, -0.25) is 4.79 Å².